The highest BCUT2D eigenvalue weighted by Crippen LogP contribution is 2.41. The third kappa shape index (κ3) is 5.76. The normalized spacial score (nSPS) is 18.0. The van der Waals surface area contributed by atoms with E-state index in [1.165, 1.54) is 0 Å². The minimum Gasteiger partial charge on any atom is -0.507 e. The van der Waals surface area contributed by atoms with Crippen LogP contribution in [0, 0.1) is 0 Å². The molecule has 39 heavy (non-hydrogen) atoms. The Bertz CT molecular complexity index is 1370. The highest BCUT2D eigenvalue weighted by atomic mass is 16.6. The largest absolute Gasteiger partial charge is 0.507 e. The molecule has 1 N–H and O–H groups in total. The molecule has 0 aromatic heterocycles. The van der Waals surface area contributed by atoms with Crippen molar-refractivity contribution < 1.29 is 28.9 Å². The Hall–Kier alpha value is -4.30. The quantitative estimate of drug-likeness (QED) is 0.250. The minimum absolute atomic E-state index is 0.0551. The number of nitrogens with zero attached hydrogens (tertiary/aromatic N) is 2. The highest BCUT2D eigenvalue weighted by Gasteiger charge is 2.45. The maximum absolute atomic E-state index is 13.3. The summed E-state index contributed by atoms with van der Waals surface area (Å²) in [4.78, 5) is 30.1. The van der Waals surface area contributed by atoms with Gasteiger partial charge < -0.3 is 29.1 Å². The smallest absolute Gasteiger partial charge is 0.295 e. The molecule has 1 amide bonds. The summed E-state index contributed by atoms with van der Waals surface area (Å²) in [6.07, 6.45) is 0.679. The van der Waals surface area contributed by atoms with Crippen LogP contribution in [0.3, 0.4) is 0 Å². The van der Waals surface area contributed by atoms with Crippen molar-refractivity contribution in [2.75, 3.05) is 40.4 Å². The Kier molecular flexibility index (Phi) is 7.84. The molecular weight excluding hydrogens is 496 g/mol. The van der Waals surface area contributed by atoms with Crippen molar-refractivity contribution in [1.82, 2.24) is 9.80 Å². The van der Waals surface area contributed by atoms with Crippen LogP contribution in [-0.2, 0) is 16.2 Å². The second kappa shape index (κ2) is 11.6. The van der Waals surface area contributed by atoms with Gasteiger partial charge in [0.25, 0.3) is 11.7 Å². The molecule has 5 rings (SSSR count). The van der Waals surface area contributed by atoms with Gasteiger partial charge in [-0.15, -0.1) is 0 Å². The van der Waals surface area contributed by atoms with Gasteiger partial charge >= 0.3 is 0 Å². The van der Waals surface area contributed by atoms with Crippen LogP contribution < -0.4 is 14.2 Å². The monoisotopic (exact) mass is 528 g/mol. The van der Waals surface area contributed by atoms with Gasteiger partial charge in [-0.1, -0.05) is 42.5 Å². The van der Waals surface area contributed by atoms with E-state index < -0.39 is 17.7 Å². The number of hydrogen-bond acceptors (Lipinski definition) is 7. The molecule has 2 aliphatic rings. The number of benzene rings is 3. The molecule has 202 valence electrons. The Morgan fingerprint density at radius 1 is 0.974 bits per heavy atom. The molecular formula is C31H32N2O6. The molecule has 8 heteroatoms. The van der Waals surface area contributed by atoms with Gasteiger partial charge in [0.05, 0.1) is 11.6 Å². The number of likely N-dealkylation sites (tertiary alicyclic amines) is 1. The molecule has 2 heterocycles. The van der Waals surface area contributed by atoms with E-state index in [1.54, 1.807) is 23.1 Å². The van der Waals surface area contributed by atoms with Crippen LogP contribution in [0.5, 0.6) is 17.2 Å². The number of fused-ring (bicyclic) bond motifs is 1. The zero-order chi connectivity index (χ0) is 27.4. The lowest BCUT2D eigenvalue weighted by atomic mass is 9.95. The molecule has 2 aliphatic heterocycles. The predicted molar refractivity (Wildman–Crippen MR) is 147 cm³/mol. The Morgan fingerprint density at radius 3 is 2.41 bits per heavy atom. The van der Waals surface area contributed by atoms with Crippen LogP contribution in [0.15, 0.2) is 78.4 Å². The molecule has 3 aromatic rings. The fraction of sp³-hybridized carbons (Fsp3) is 0.290. The van der Waals surface area contributed by atoms with Crippen LogP contribution in [0.2, 0.25) is 0 Å². The van der Waals surface area contributed by atoms with E-state index in [1.807, 2.05) is 73.6 Å². The lowest BCUT2D eigenvalue weighted by molar-refractivity contribution is -0.139. The topological polar surface area (TPSA) is 88.5 Å². The molecule has 8 nitrogen and oxygen atoms in total. The van der Waals surface area contributed by atoms with E-state index in [-0.39, 0.29) is 11.3 Å². The number of ether oxygens (including phenoxy) is 3. The maximum Gasteiger partial charge on any atom is 0.295 e. The Morgan fingerprint density at radius 2 is 1.69 bits per heavy atom. The third-order valence-electron chi connectivity index (χ3n) is 6.80. The van der Waals surface area contributed by atoms with Crippen molar-refractivity contribution in [2.24, 2.45) is 0 Å². The van der Waals surface area contributed by atoms with Crippen LogP contribution in [0.25, 0.3) is 5.76 Å². The Labute approximate surface area is 228 Å². The number of carbonyl (C=O) groups excluding carboxylic acids is 2. The summed E-state index contributed by atoms with van der Waals surface area (Å²) in [5, 5.41) is 11.4. The minimum atomic E-state index is -0.733. The molecule has 1 unspecified atom stereocenters. The summed E-state index contributed by atoms with van der Waals surface area (Å²) in [6.45, 7) is 2.39. The van der Waals surface area contributed by atoms with Gasteiger partial charge in [0, 0.05) is 12.1 Å². The number of hydrogen-bond donors (Lipinski definition) is 1. The molecule has 3 aromatic carbocycles. The summed E-state index contributed by atoms with van der Waals surface area (Å²) >= 11 is 0. The molecule has 1 fully saturated rings. The summed E-state index contributed by atoms with van der Waals surface area (Å²) < 4.78 is 17.2. The number of ketones is 1. The molecule has 0 saturated carbocycles. The maximum atomic E-state index is 13.3. The van der Waals surface area contributed by atoms with Crippen LogP contribution in [0.4, 0.5) is 0 Å². The van der Waals surface area contributed by atoms with E-state index >= 15 is 0 Å². The fourth-order valence-electron chi connectivity index (χ4n) is 4.85. The second-order valence-electron chi connectivity index (χ2n) is 9.85. The highest BCUT2D eigenvalue weighted by molar-refractivity contribution is 6.46. The lowest BCUT2D eigenvalue weighted by Crippen LogP contribution is -2.32. The average Bonchev–Trinajstić information content (AvgIpc) is 3.21. The number of aliphatic hydroxyl groups excluding tert-OH is 1. The SMILES string of the molecule is CN(C)CCCN1C(=O)C(=O)C(=C(O)c2ccc3c(c2)OCCO3)C1c1ccc(OCc2ccccc2)cc1. The van der Waals surface area contributed by atoms with Crippen LogP contribution in [0.1, 0.15) is 29.2 Å². The van der Waals surface area contributed by atoms with Gasteiger partial charge in [0.1, 0.15) is 31.3 Å². The number of Topliss-reactive ketones (excluding diaryl/α,β-unsaturated/α-hetero) is 1. The summed E-state index contributed by atoms with van der Waals surface area (Å²) in [5.74, 6) is 0.157. The first-order chi connectivity index (χ1) is 18.9. The second-order valence-corrected chi connectivity index (χ2v) is 9.85. The molecule has 0 radical (unpaired) electrons. The van der Waals surface area contributed by atoms with Crippen LogP contribution in [-0.4, -0.2) is 67.0 Å². The number of rotatable bonds is 9. The molecule has 1 atom stereocenters. The third-order valence-corrected chi connectivity index (χ3v) is 6.80. The summed E-state index contributed by atoms with van der Waals surface area (Å²) in [5.41, 5.74) is 2.21. The van der Waals surface area contributed by atoms with E-state index in [2.05, 4.69) is 0 Å². The van der Waals surface area contributed by atoms with Crippen molar-refractivity contribution in [3.8, 4) is 17.2 Å². The molecule has 0 spiro atoms. The number of aliphatic hydroxyl groups is 1. The van der Waals surface area contributed by atoms with Gasteiger partial charge in [-0.05, 0) is 68.5 Å². The summed E-state index contributed by atoms with van der Waals surface area (Å²) in [6, 6.07) is 21.5. The van der Waals surface area contributed by atoms with Gasteiger partial charge in [0.15, 0.2) is 11.5 Å². The van der Waals surface area contributed by atoms with Gasteiger partial charge in [-0.3, -0.25) is 9.59 Å². The Balaban J connectivity index is 1.47. The zero-order valence-electron chi connectivity index (χ0n) is 22.1. The first-order valence-electron chi connectivity index (χ1n) is 13.0. The van der Waals surface area contributed by atoms with Crippen LogP contribution >= 0.6 is 0 Å². The zero-order valence-corrected chi connectivity index (χ0v) is 22.1. The van der Waals surface area contributed by atoms with E-state index in [4.69, 9.17) is 14.2 Å². The lowest BCUT2D eigenvalue weighted by Gasteiger charge is -2.26. The van der Waals surface area contributed by atoms with Crippen molar-refractivity contribution in [3.63, 3.8) is 0 Å². The van der Waals surface area contributed by atoms with Gasteiger partial charge in [-0.2, -0.15) is 0 Å². The van der Waals surface area contributed by atoms with E-state index in [0.29, 0.717) is 61.2 Å². The van der Waals surface area contributed by atoms with E-state index in [9.17, 15) is 14.7 Å². The first-order valence-corrected chi connectivity index (χ1v) is 13.0. The average molecular weight is 529 g/mol. The summed E-state index contributed by atoms with van der Waals surface area (Å²) in [7, 11) is 3.92. The number of amides is 1. The standard InChI is InChI=1S/C31H32N2O6/c1-32(2)15-6-16-33-28(22-9-12-24(13-10-22)39-20-21-7-4-3-5-8-21)27(30(35)31(33)36)29(34)23-11-14-25-26(19-23)38-18-17-37-25/h3-5,7-14,19,28,34H,6,15-18,20H2,1-2H3. The van der Waals surface area contributed by atoms with Gasteiger partial charge in [-0.25, -0.2) is 0 Å². The predicted octanol–water partition coefficient (Wildman–Crippen LogP) is 4.41. The van der Waals surface area contributed by atoms with Crippen molar-refractivity contribution in [3.05, 3.63) is 95.1 Å². The van der Waals surface area contributed by atoms with Crippen molar-refractivity contribution in [2.45, 2.75) is 19.1 Å². The molecule has 0 bridgehead atoms. The number of carbonyl (C=O) groups is 2. The van der Waals surface area contributed by atoms with Crippen molar-refractivity contribution >= 4 is 17.4 Å². The fourth-order valence-corrected chi connectivity index (χ4v) is 4.85. The van der Waals surface area contributed by atoms with E-state index in [0.717, 1.165) is 12.1 Å². The first kappa shape index (κ1) is 26.3. The van der Waals surface area contributed by atoms with Gasteiger partial charge in [0.2, 0.25) is 0 Å². The molecule has 0 aliphatic carbocycles. The molecule has 1 saturated heterocycles. The van der Waals surface area contributed by atoms with Crippen molar-refractivity contribution in [1.29, 1.82) is 0 Å².